The van der Waals surface area contributed by atoms with E-state index >= 15 is 0 Å². The molecule has 2 aliphatic rings. The standard InChI is InChI=1S/C19H27N3O4/c1-14-10-16(23)15(11-20-14)18(25)22-7-3-5-19(13-22)6-4-17(24)21(12-19)8-9-26-2/h10-11H,3-9,12-13H2,1-2H3,(H,20,23)/t19-/m0/s1. The molecule has 1 aromatic heterocycles. The molecule has 2 saturated heterocycles. The molecular formula is C19H27N3O4. The number of aryl methyl sites for hydroxylation is 1. The Balaban J connectivity index is 1.75. The molecule has 1 aromatic rings. The van der Waals surface area contributed by atoms with Crippen LogP contribution in [-0.2, 0) is 9.53 Å². The van der Waals surface area contributed by atoms with Gasteiger partial charge in [-0.05, 0) is 26.2 Å². The monoisotopic (exact) mass is 361 g/mol. The number of piperidine rings is 2. The van der Waals surface area contributed by atoms with Crippen LogP contribution >= 0.6 is 0 Å². The van der Waals surface area contributed by atoms with Crippen molar-refractivity contribution in [3.8, 4) is 0 Å². The van der Waals surface area contributed by atoms with Gasteiger partial charge in [-0.15, -0.1) is 0 Å². The van der Waals surface area contributed by atoms with Gasteiger partial charge in [-0.1, -0.05) is 0 Å². The van der Waals surface area contributed by atoms with E-state index in [0.717, 1.165) is 25.0 Å². The molecule has 1 N–H and O–H groups in total. The van der Waals surface area contributed by atoms with Gasteiger partial charge in [0.2, 0.25) is 5.91 Å². The third kappa shape index (κ3) is 3.82. The van der Waals surface area contributed by atoms with E-state index in [1.54, 1.807) is 18.9 Å². The predicted molar refractivity (Wildman–Crippen MR) is 97.1 cm³/mol. The van der Waals surface area contributed by atoms with Crippen molar-refractivity contribution in [2.24, 2.45) is 5.41 Å². The lowest BCUT2D eigenvalue weighted by atomic mass is 9.73. The quantitative estimate of drug-likeness (QED) is 0.873. The average molecular weight is 361 g/mol. The smallest absolute Gasteiger partial charge is 0.259 e. The molecule has 2 amide bonds. The van der Waals surface area contributed by atoms with Crippen molar-refractivity contribution < 1.29 is 14.3 Å². The molecule has 0 bridgehead atoms. The number of H-pyrrole nitrogens is 1. The maximum Gasteiger partial charge on any atom is 0.259 e. The highest BCUT2D eigenvalue weighted by molar-refractivity contribution is 5.94. The number of hydrogen-bond acceptors (Lipinski definition) is 4. The van der Waals surface area contributed by atoms with Crippen LogP contribution in [0.1, 0.15) is 41.7 Å². The summed E-state index contributed by atoms with van der Waals surface area (Å²) in [5.41, 5.74) is 0.607. The Morgan fingerprint density at radius 2 is 2.12 bits per heavy atom. The van der Waals surface area contributed by atoms with E-state index in [1.165, 1.54) is 12.3 Å². The van der Waals surface area contributed by atoms with E-state index < -0.39 is 0 Å². The Morgan fingerprint density at radius 1 is 1.31 bits per heavy atom. The molecule has 0 radical (unpaired) electrons. The van der Waals surface area contributed by atoms with Crippen LogP contribution in [0.25, 0.3) is 0 Å². The zero-order valence-corrected chi connectivity index (χ0v) is 15.5. The van der Waals surface area contributed by atoms with Gasteiger partial charge in [0, 0.05) is 63.1 Å². The van der Waals surface area contributed by atoms with Crippen molar-refractivity contribution in [2.75, 3.05) is 39.9 Å². The number of rotatable bonds is 4. The van der Waals surface area contributed by atoms with E-state index in [0.29, 0.717) is 39.2 Å². The van der Waals surface area contributed by atoms with Crippen LogP contribution < -0.4 is 5.43 Å². The van der Waals surface area contributed by atoms with Gasteiger partial charge in [0.05, 0.1) is 6.61 Å². The molecule has 0 unspecified atom stereocenters. The van der Waals surface area contributed by atoms with Crippen molar-refractivity contribution in [3.63, 3.8) is 0 Å². The second kappa shape index (κ2) is 7.61. The summed E-state index contributed by atoms with van der Waals surface area (Å²) in [5.74, 6) is -0.0585. The van der Waals surface area contributed by atoms with Crippen LogP contribution in [0.3, 0.4) is 0 Å². The predicted octanol–water partition coefficient (Wildman–Crippen LogP) is 1.17. The fourth-order valence-corrected chi connectivity index (χ4v) is 4.13. The number of hydrogen-bond donors (Lipinski definition) is 1. The lowest BCUT2D eigenvalue weighted by Gasteiger charge is -2.48. The van der Waals surface area contributed by atoms with Crippen molar-refractivity contribution >= 4 is 11.8 Å². The lowest BCUT2D eigenvalue weighted by molar-refractivity contribution is -0.139. The molecule has 0 aromatic carbocycles. The number of ether oxygens (including phenoxy) is 1. The molecule has 0 saturated carbocycles. The zero-order valence-electron chi connectivity index (χ0n) is 15.5. The Morgan fingerprint density at radius 3 is 2.85 bits per heavy atom. The summed E-state index contributed by atoms with van der Waals surface area (Å²) >= 11 is 0. The number of carbonyl (C=O) groups is 2. The molecule has 3 rings (SSSR count). The first-order chi connectivity index (χ1) is 12.4. The summed E-state index contributed by atoms with van der Waals surface area (Å²) < 4.78 is 5.11. The number of carbonyl (C=O) groups excluding carboxylic acids is 2. The largest absolute Gasteiger partial charge is 0.383 e. The second-order valence-corrected chi connectivity index (χ2v) is 7.53. The Bertz CT molecular complexity index is 745. The summed E-state index contributed by atoms with van der Waals surface area (Å²) in [5, 5.41) is 0. The minimum absolute atomic E-state index is 0.0764. The van der Waals surface area contributed by atoms with E-state index in [4.69, 9.17) is 4.74 Å². The third-order valence-corrected chi connectivity index (χ3v) is 5.55. The van der Waals surface area contributed by atoms with Gasteiger partial charge in [-0.3, -0.25) is 14.4 Å². The van der Waals surface area contributed by atoms with Crippen molar-refractivity contribution in [1.82, 2.24) is 14.8 Å². The first-order valence-electron chi connectivity index (χ1n) is 9.19. The normalized spacial score (nSPS) is 23.5. The molecule has 2 aliphatic heterocycles. The fraction of sp³-hybridized carbons (Fsp3) is 0.632. The summed E-state index contributed by atoms with van der Waals surface area (Å²) in [4.78, 5) is 43.8. The van der Waals surface area contributed by atoms with E-state index in [2.05, 4.69) is 4.98 Å². The van der Waals surface area contributed by atoms with Crippen LogP contribution in [0.2, 0.25) is 0 Å². The molecule has 7 nitrogen and oxygen atoms in total. The number of amides is 2. The van der Waals surface area contributed by atoms with Crippen molar-refractivity contribution in [2.45, 2.75) is 32.6 Å². The zero-order chi connectivity index (χ0) is 18.7. The van der Waals surface area contributed by atoms with Gasteiger partial charge in [-0.25, -0.2) is 0 Å². The van der Waals surface area contributed by atoms with Gasteiger partial charge in [0.15, 0.2) is 5.43 Å². The van der Waals surface area contributed by atoms with Gasteiger partial charge < -0.3 is 19.5 Å². The number of aromatic amines is 1. The van der Waals surface area contributed by atoms with E-state index in [1.807, 2.05) is 4.90 Å². The first kappa shape index (κ1) is 18.6. The van der Waals surface area contributed by atoms with Crippen LogP contribution in [0, 0.1) is 12.3 Å². The van der Waals surface area contributed by atoms with Gasteiger partial charge in [0.25, 0.3) is 5.91 Å². The van der Waals surface area contributed by atoms with Crippen LogP contribution in [-0.4, -0.2) is 66.5 Å². The van der Waals surface area contributed by atoms with Crippen molar-refractivity contribution in [1.29, 1.82) is 0 Å². The Labute approximate surface area is 153 Å². The topological polar surface area (TPSA) is 82.7 Å². The SMILES string of the molecule is COCCN1C[C@]2(CCCN(C(=O)c3c[nH]c(C)cc3=O)C2)CCC1=O. The highest BCUT2D eigenvalue weighted by Gasteiger charge is 2.42. The fourth-order valence-electron chi connectivity index (χ4n) is 4.13. The van der Waals surface area contributed by atoms with Crippen LogP contribution in [0.4, 0.5) is 0 Å². The molecule has 0 aliphatic carbocycles. The third-order valence-electron chi connectivity index (χ3n) is 5.55. The summed E-state index contributed by atoms with van der Waals surface area (Å²) in [6, 6.07) is 1.46. The van der Waals surface area contributed by atoms with E-state index in [9.17, 15) is 14.4 Å². The number of aromatic nitrogens is 1. The molecule has 1 atom stereocenters. The van der Waals surface area contributed by atoms with Gasteiger partial charge >= 0.3 is 0 Å². The van der Waals surface area contributed by atoms with Crippen molar-refractivity contribution in [3.05, 3.63) is 33.7 Å². The number of pyridine rings is 1. The summed E-state index contributed by atoms with van der Waals surface area (Å²) in [7, 11) is 1.63. The highest BCUT2D eigenvalue weighted by Crippen LogP contribution is 2.39. The number of likely N-dealkylation sites (tertiary alicyclic amines) is 2. The maximum absolute atomic E-state index is 12.9. The van der Waals surface area contributed by atoms with Gasteiger partial charge in [0.1, 0.15) is 5.56 Å². The second-order valence-electron chi connectivity index (χ2n) is 7.53. The first-order valence-corrected chi connectivity index (χ1v) is 9.19. The Hall–Kier alpha value is -2.15. The Kier molecular flexibility index (Phi) is 5.46. The minimum Gasteiger partial charge on any atom is -0.383 e. The molecule has 26 heavy (non-hydrogen) atoms. The molecular weight excluding hydrogens is 334 g/mol. The minimum atomic E-state index is -0.244. The molecule has 7 heteroatoms. The molecule has 3 heterocycles. The van der Waals surface area contributed by atoms with Crippen LogP contribution in [0.5, 0.6) is 0 Å². The number of nitrogens with one attached hydrogen (secondary N) is 1. The van der Waals surface area contributed by atoms with Crippen LogP contribution in [0.15, 0.2) is 17.1 Å². The maximum atomic E-state index is 12.9. The van der Waals surface area contributed by atoms with Gasteiger partial charge in [-0.2, -0.15) is 0 Å². The van der Waals surface area contributed by atoms with E-state index in [-0.39, 0.29) is 28.2 Å². The molecule has 142 valence electrons. The highest BCUT2D eigenvalue weighted by atomic mass is 16.5. The summed E-state index contributed by atoms with van der Waals surface area (Å²) in [6.07, 6.45) is 4.70. The number of nitrogens with zero attached hydrogens (tertiary/aromatic N) is 2. The molecule has 2 fully saturated rings. The summed E-state index contributed by atoms with van der Waals surface area (Å²) in [6.45, 7) is 4.80. The average Bonchev–Trinajstić information content (AvgIpc) is 2.62. The lowest BCUT2D eigenvalue weighted by Crippen LogP contribution is -2.55. The molecule has 1 spiro atoms. The number of methoxy groups -OCH3 is 1.